The second-order valence-corrected chi connectivity index (χ2v) is 5.53. The second-order valence-electron chi connectivity index (χ2n) is 5.53. The van der Waals surface area contributed by atoms with Crippen molar-refractivity contribution in [2.75, 3.05) is 0 Å². The predicted molar refractivity (Wildman–Crippen MR) is 85.9 cm³/mol. The van der Waals surface area contributed by atoms with Gasteiger partial charge in [0.1, 0.15) is 12.4 Å². The molecule has 1 unspecified atom stereocenters. The van der Waals surface area contributed by atoms with Gasteiger partial charge in [0.05, 0.1) is 11.0 Å². The summed E-state index contributed by atoms with van der Waals surface area (Å²) in [4.78, 5) is 22.0. The lowest BCUT2D eigenvalue weighted by molar-refractivity contribution is -0.385. The number of aromatic nitrogens is 2. The van der Waals surface area contributed by atoms with Gasteiger partial charge in [0.25, 0.3) is 0 Å². The van der Waals surface area contributed by atoms with E-state index in [2.05, 4.69) is 10.4 Å². The van der Waals surface area contributed by atoms with Gasteiger partial charge in [0.15, 0.2) is 0 Å². The van der Waals surface area contributed by atoms with Gasteiger partial charge in [-0.15, -0.1) is 0 Å². The van der Waals surface area contributed by atoms with E-state index < -0.39 is 4.92 Å². The summed E-state index contributed by atoms with van der Waals surface area (Å²) < 4.78 is 1.48. The van der Waals surface area contributed by atoms with Crippen LogP contribution in [0, 0.1) is 17.0 Å². The molecular formula is C16H20N4O3. The molecule has 0 aliphatic rings. The molecule has 7 nitrogen and oxygen atoms in total. The van der Waals surface area contributed by atoms with Gasteiger partial charge in [-0.1, -0.05) is 29.8 Å². The number of nitro groups is 1. The van der Waals surface area contributed by atoms with E-state index in [-0.39, 0.29) is 17.6 Å². The molecule has 0 saturated carbocycles. The molecule has 0 aliphatic heterocycles. The van der Waals surface area contributed by atoms with Crippen LogP contribution in [0.15, 0.2) is 36.7 Å². The number of rotatable bonds is 7. The van der Waals surface area contributed by atoms with E-state index in [4.69, 9.17) is 0 Å². The quantitative estimate of drug-likeness (QED) is 0.628. The molecule has 1 atom stereocenters. The van der Waals surface area contributed by atoms with E-state index in [1.807, 2.05) is 38.1 Å². The highest BCUT2D eigenvalue weighted by Gasteiger charge is 2.11. The molecule has 1 N–H and O–H groups in total. The lowest BCUT2D eigenvalue weighted by Crippen LogP contribution is -2.26. The standard InChI is InChI=1S/C16H20N4O3/c1-12-5-3-6-14(9-12)13(2)18-16(21)7-4-8-19-11-15(10-17-19)20(22)23/h3,5-6,9-11,13H,4,7-8H2,1-2H3,(H,18,21). The Balaban J connectivity index is 1.77. The third kappa shape index (κ3) is 4.91. The zero-order valence-electron chi connectivity index (χ0n) is 13.2. The first kappa shape index (κ1) is 16.7. The van der Waals surface area contributed by atoms with Gasteiger partial charge in [-0.25, -0.2) is 0 Å². The summed E-state index contributed by atoms with van der Waals surface area (Å²) in [5.74, 6) is -0.0411. The number of amides is 1. The second kappa shape index (κ2) is 7.53. The molecule has 1 amide bonds. The Kier molecular flexibility index (Phi) is 5.46. The van der Waals surface area contributed by atoms with Crippen LogP contribution in [-0.4, -0.2) is 20.6 Å². The highest BCUT2D eigenvalue weighted by Crippen LogP contribution is 2.14. The summed E-state index contributed by atoms with van der Waals surface area (Å²) in [7, 11) is 0. The summed E-state index contributed by atoms with van der Waals surface area (Å²) in [5, 5.41) is 17.4. The Morgan fingerprint density at radius 1 is 1.48 bits per heavy atom. The lowest BCUT2D eigenvalue weighted by Gasteiger charge is -2.15. The number of benzene rings is 1. The number of hydrogen-bond donors (Lipinski definition) is 1. The van der Waals surface area contributed by atoms with E-state index in [1.165, 1.54) is 17.1 Å². The number of carbonyl (C=O) groups excluding carboxylic acids is 1. The number of nitrogens with zero attached hydrogens (tertiary/aromatic N) is 3. The normalized spacial score (nSPS) is 11.9. The number of carbonyl (C=O) groups is 1. The minimum Gasteiger partial charge on any atom is -0.350 e. The van der Waals surface area contributed by atoms with E-state index in [0.29, 0.717) is 19.4 Å². The van der Waals surface area contributed by atoms with Crippen molar-refractivity contribution < 1.29 is 9.72 Å². The van der Waals surface area contributed by atoms with Crippen molar-refractivity contribution in [2.45, 2.75) is 39.3 Å². The monoisotopic (exact) mass is 316 g/mol. The van der Waals surface area contributed by atoms with Crippen LogP contribution < -0.4 is 5.32 Å². The van der Waals surface area contributed by atoms with Crippen molar-refractivity contribution in [2.24, 2.45) is 0 Å². The highest BCUT2D eigenvalue weighted by molar-refractivity contribution is 5.76. The van der Waals surface area contributed by atoms with Crippen LogP contribution in [0.3, 0.4) is 0 Å². The Bertz CT molecular complexity index is 696. The highest BCUT2D eigenvalue weighted by atomic mass is 16.6. The largest absolute Gasteiger partial charge is 0.350 e. The van der Waals surface area contributed by atoms with Crippen LogP contribution >= 0.6 is 0 Å². The van der Waals surface area contributed by atoms with Crippen molar-refractivity contribution in [1.82, 2.24) is 15.1 Å². The fraction of sp³-hybridized carbons (Fsp3) is 0.375. The van der Waals surface area contributed by atoms with Gasteiger partial charge in [0.2, 0.25) is 5.91 Å². The van der Waals surface area contributed by atoms with Crippen molar-refractivity contribution in [1.29, 1.82) is 0 Å². The van der Waals surface area contributed by atoms with E-state index in [0.717, 1.165) is 11.1 Å². The number of aryl methyl sites for hydroxylation is 2. The minimum absolute atomic E-state index is 0.0393. The maximum Gasteiger partial charge on any atom is 0.306 e. The molecule has 1 heterocycles. The van der Waals surface area contributed by atoms with Crippen molar-refractivity contribution in [3.63, 3.8) is 0 Å². The fourth-order valence-electron chi connectivity index (χ4n) is 2.31. The Morgan fingerprint density at radius 2 is 2.26 bits per heavy atom. The third-order valence-electron chi connectivity index (χ3n) is 3.54. The SMILES string of the molecule is Cc1cccc(C(C)NC(=O)CCCn2cc([N+](=O)[O-])cn2)c1. The molecule has 0 saturated heterocycles. The molecule has 122 valence electrons. The first-order valence-corrected chi connectivity index (χ1v) is 7.48. The van der Waals surface area contributed by atoms with E-state index >= 15 is 0 Å². The summed E-state index contributed by atoms with van der Waals surface area (Å²) in [6.07, 6.45) is 3.50. The topological polar surface area (TPSA) is 90.1 Å². The van der Waals surface area contributed by atoms with Crippen molar-refractivity contribution in [3.8, 4) is 0 Å². The minimum atomic E-state index is -0.486. The molecule has 0 spiro atoms. The number of hydrogen-bond acceptors (Lipinski definition) is 4. The average Bonchev–Trinajstić information content (AvgIpc) is 2.96. The predicted octanol–water partition coefficient (Wildman–Crippen LogP) is 2.76. The molecule has 2 aromatic rings. The molecule has 1 aromatic carbocycles. The lowest BCUT2D eigenvalue weighted by atomic mass is 10.1. The smallest absolute Gasteiger partial charge is 0.306 e. The molecule has 1 aromatic heterocycles. The molecule has 0 fully saturated rings. The van der Waals surface area contributed by atoms with Gasteiger partial charge in [-0.05, 0) is 25.8 Å². The molecule has 0 bridgehead atoms. The molecule has 2 rings (SSSR count). The van der Waals surface area contributed by atoms with E-state index in [9.17, 15) is 14.9 Å². The van der Waals surface area contributed by atoms with Gasteiger partial charge >= 0.3 is 5.69 Å². The van der Waals surface area contributed by atoms with Gasteiger partial charge < -0.3 is 5.32 Å². The molecule has 23 heavy (non-hydrogen) atoms. The van der Waals surface area contributed by atoms with Crippen LogP contribution in [0.25, 0.3) is 0 Å². The summed E-state index contributed by atoms with van der Waals surface area (Å²) in [5.41, 5.74) is 2.19. The summed E-state index contributed by atoms with van der Waals surface area (Å²) >= 11 is 0. The first-order valence-electron chi connectivity index (χ1n) is 7.48. The fourth-order valence-corrected chi connectivity index (χ4v) is 2.31. The first-order chi connectivity index (χ1) is 11.0. The molecule has 0 aliphatic carbocycles. The van der Waals surface area contributed by atoms with Gasteiger partial charge in [0, 0.05) is 13.0 Å². The summed E-state index contributed by atoms with van der Waals surface area (Å²) in [6.45, 7) is 4.44. The van der Waals surface area contributed by atoms with Crippen LogP contribution in [0.5, 0.6) is 0 Å². The van der Waals surface area contributed by atoms with Crippen molar-refractivity contribution in [3.05, 3.63) is 57.9 Å². The van der Waals surface area contributed by atoms with Crippen LogP contribution in [0.2, 0.25) is 0 Å². The maximum absolute atomic E-state index is 12.0. The Labute approximate surface area is 134 Å². The molecule has 0 radical (unpaired) electrons. The molecular weight excluding hydrogens is 296 g/mol. The van der Waals surface area contributed by atoms with Crippen LogP contribution in [-0.2, 0) is 11.3 Å². The average molecular weight is 316 g/mol. The van der Waals surface area contributed by atoms with Crippen LogP contribution in [0.4, 0.5) is 5.69 Å². The Hall–Kier alpha value is -2.70. The zero-order valence-corrected chi connectivity index (χ0v) is 13.2. The summed E-state index contributed by atoms with van der Waals surface area (Å²) in [6, 6.07) is 7.97. The van der Waals surface area contributed by atoms with Gasteiger partial charge in [-0.3, -0.25) is 19.6 Å². The van der Waals surface area contributed by atoms with E-state index in [1.54, 1.807) is 0 Å². The van der Waals surface area contributed by atoms with Gasteiger partial charge in [-0.2, -0.15) is 5.10 Å². The number of nitrogens with one attached hydrogen (secondary N) is 1. The van der Waals surface area contributed by atoms with Crippen LogP contribution in [0.1, 0.15) is 36.9 Å². The van der Waals surface area contributed by atoms with Crippen molar-refractivity contribution >= 4 is 11.6 Å². The molecule has 7 heteroatoms. The Morgan fingerprint density at radius 3 is 2.91 bits per heavy atom. The zero-order chi connectivity index (χ0) is 16.8. The maximum atomic E-state index is 12.0. The third-order valence-corrected chi connectivity index (χ3v) is 3.54.